The Morgan fingerprint density at radius 1 is 1.00 bits per heavy atom. The number of aliphatic hydroxyl groups is 1. The number of ether oxygens (including phenoxy) is 3. The van der Waals surface area contributed by atoms with Crippen LogP contribution in [0.15, 0.2) is 48.0 Å². The lowest BCUT2D eigenvalue weighted by Crippen LogP contribution is -2.35. The van der Waals surface area contributed by atoms with Crippen LogP contribution >= 0.6 is 0 Å². The molecule has 0 saturated carbocycles. The number of ketones is 1. The van der Waals surface area contributed by atoms with Gasteiger partial charge in [-0.05, 0) is 69.4 Å². The molecule has 0 bridgehead atoms. The van der Waals surface area contributed by atoms with Gasteiger partial charge in [-0.3, -0.25) is 9.59 Å². The molecule has 1 aliphatic rings. The monoisotopic (exact) mass is 510 g/mol. The molecule has 2 aromatic carbocycles. The second-order valence-corrected chi connectivity index (χ2v) is 9.22. The first kappa shape index (κ1) is 28.1. The fourth-order valence-electron chi connectivity index (χ4n) is 4.30. The Hall–Kier alpha value is -3.52. The molecule has 37 heavy (non-hydrogen) atoms. The highest BCUT2D eigenvalue weighted by Gasteiger charge is 2.46. The first-order valence-corrected chi connectivity index (χ1v) is 12.8. The van der Waals surface area contributed by atoms with Gasteiger partial charge in [-0.1, -0.05) is 25.8 Å². The molecule has 3 rings (SSSR count). The molecule has 0 radical (unpaired) electrons. The maximum absolute atomic E-state index is 13.2. The summed E-state index contributed by atoms with van der Waals surface area (Å²) in [6.07, 6.45) is 3.11. The molecule has 1 amide bonds. The Morgan fingerprint density at radius 3 is 2.35 bits per heavy atom. The fourth-order valence-corrected chi connectivity index (χ4v) is 4.30. The number of benzene rings is 2. The molecule has 0 aliphatic carbocycles. The summed E-state index contributed by atoms with van der Waals surface area (Å²) < 4.78 is 17.0. The number of amides is 1. The lowest BCUT2D eigenvalue weighted by molar-refractivity contribution is -0.140. The number of carbonyl (C=O) groups excluding carboxylic acids is 2. The number of Topliss-reactive ketones (excluding diaryl/α,β-unsaturated/α-hetero) is 1. The van der Waals surface area contributed by atoms with Crippen LogP contribution in [0.1, 0.15) is 50.3 Å². The average Bonchev–Trinajstić information content (AvgIpc) is 3.15. The van der Waals surface area contributed by atoms with E-state index in [2.05, 4.69) is 6.92 Å². The Bertz CT molecular complexity index is 1110. The van der Waals surface area contributed by atoms with Crippen molar-refractivity contribution in [3.8, 4) is 17.2 Å². The summed E-state index contributed by atoms with van der Waals surface area (Å²) in [5.41, 5.74) is 1.14. The first-order chi connectivity index (χ1) is 17.8. The van der Waals surface area contributed by atoms with E-state index in [1.165, 1.54) is 4.90 Å². The summed E-state index contributed by atoms with van der Waals surface area (Å²) in [6, 6.07) is 11.4. The summed E-state index contributed by atoms with van der Waals surface area (Å²) in [7, 11) is 5.36. The van der Waals surface area contributed by atoms with E-state index in [0.29, 0.717) is 54.7 Å². The predicted octanol–water partition coefficient (Wildman–Crippen LogP) is 4.65. The maximum Gasteiger partial charge on any atom is 0.295 e. The minimum Gasteiger partial charge on any atom is -0.507 e. The highest BCUT2D eigenvalue weighted by Crippen LogP contribution is 2.42. The summed E-state index contributed by atoms with van der Waals surface area (Å²) in [4.78, 5) is 29.9. The minimum absolute atomic E-state index is 0.0478. The van der Waals surface area contributed by atoms with E-state index in [4.69, 9.17) is 14.2 Å². The second-order valence-electron chi connectivity index (χ2n) is 9.22. The molecule has 1 unspecified atom stereocenters. The lowest BCUT2D eigenvalue weighted by Gasteiger charge is -2.27. The van der Waals surface area contributed by atoms with Crippen LogP contribution in [-0.4, -0.2) is 74.1 Å². The number of aliphatic hydroxyl groups excluding tert-OH is 1. The molecular weight excluding hydrogens is 472 g/mol. The summed E-state index contributed by atoms with van der Waals surface area (Å²) >= 11 is 0. The highest BCUT2D eigenvalue weighted by molar-refractivity contribution is 6.46. The smallest absolute Gasteiger partial charge is 0.295 e. The van der Waals surface area contributed by atoms with Gasteiger partial charge in [-0.25, -0.2) is 0 Å². The van der Waals surface area contributed by atoms with Crippen LogP contribution in [0.4, 0.5) is 0 Å². The van der Waals surface area contributed by atoms with E-state index < -0.39 is 17.7 Å². The Morgan fingerprint density at radius 2 is 1.73 bits per heavy atom. The van der Waals surface area contributed by atoms with Crippen molar-refractivity contribution in [2.75, 3.05) is 47.5 Å². The number of rotatable bonds is 13. The van der Waals surface area contributed by atoms with Crippen LogP contribution < -0.4 is 14.2 Å². The third-order valence-corrected chi connectivity index (χ3v) is 6.28. The number of likely N-dealkylation sites (tertiary alicyclic amines) is 1. The molecule has 1 fully saturated rings. The molecule has 8 nitrogen and oxygen atoms in total. The van der Waals surface area contributed by atoms with E-state index >= 15 is 0 Å². The predicted molar refractivity (Wildman–Crippen MR) is 143 cm³/mol. The molecule has 0 spiro atoms. The molecule has 1 heterocycles. The Kier molecular flexibility index (Phi) is 9.97. The van der Waals surface area contributed by atoms with E-state index in [1.54, 1.807) is 43.5 Å². The third kappa shape index (κ3) is 6.63. The van der Waals surface area contributed by atoms with E-state index in [-0.39, 0.29) is 11.3 Å². The van der Waals surface area contributed by atoms with Crippen LogP contribution in [0, 0.1) is 0 Å². The van der Waals surface area contributed by atoms with Crippen molar-refractivity contribution in [3.63, 3.8) is 0 Å². The molecule has 1 N–H and O–H groups in total. The first-order valence-electron chi connectivity index (χ1n) is 12.8. The molecule has 8 heteroatoms. The zero-order valence-electron chi connectivity index (χ0n) is 22.5. The fraction of sp³-hybridized carbons (Fsp3) is 0.448. The number of hydrogen-bond donors (Lipinski definition) is 1. The van der Waals surface area contributed by atoms with Gasteiger partial charge in [-0.15, -0.1) is 0 Å². The van der Waals surface area contributed by atoms with Crippen molar-refractivity contribution < 1.29 is 28.9 Å². The molecule has 1 aliphatic heterocycles. The standard InChI is InChI=1S/C29H38N2O6/c1-6-8-9-18-37-23-15-12-21(19-24(23)35-5)26-25(28(33)29(34)31(26)17-16-30(3)4)27(32)20-10-13-22(14-11-20)36-7-2/h10-15,19,26,32H,6-9,16-18H2,1-5H3/b27-25+. The number of hydrogen-bond acceptors (Lipinski definition) is 7. The SMILES string of the molecule is CCCCCOc1ccc(C2/C(=C(\O)c3ccc(OCC)cc3)C(=O)C(=O)N2CCN(C)C)cc1OC. The molecular formula is C29H38N2O6. The van der Waals surface area contributed by atoms with Crippen LogP contribution in [0.5, 0.6) is 17.2 Å². The zero-order valence-corrected chi connectivity index (χ0v) is 22.5. The number of unbranched alkanes of at least 4 members (excludes halogenated alkanes) is 2. The highest BCUT2D eigenvalue weighted by atomic mass is 16.5. The normalized spacial score (nSPS) is 16.9. The topological polar surface area (TPSA) is 88.5 Å². The van der Waals surface area contributed by atoms with Gasteiger partial charge in [0, 0.05) is 18.7 Å². The van der Waals surface area contributed by atoms with Crippen LogP contribution in [0.25, 0.3) is 5.76 Å². The van der Waals surface area contributed by atoms with Gasteiger partial charge in [0.2, 0.25) is 0 Å². The number of likely N-dealkylation sites (N-methyl/N-ethyl adjacent to an activating group) is 1. The number of carbonyl (C=O) groups is 2. The van der Waals surface area contributed by atoms with Gasteiger partial charge in [0.05, 0.1) is 31.9 Å². The average molecular weight is 511 g/mol. The number of nitrogens with zero attached hydrogens (tertiary/aromatic N) is 2. The van der Waals surface area contributed by atoms with Crippen molar-refractivity contribution in [1.82, 2.24) is 9.80 Å². The maximum atomic E-state index is 13.2. The Balaban J connectivity index is 2.05. The lowest BCUT2D eigenvalue weighted by atomic mass is 9.95. The number of methoxy groups -OCH3 is 1. The van der Waals surface area contributed by atoms with Crippen molar-refractivity contribution in [2.45, 2.75) is 39.2 Å². The molecule has 0 aromatic heterocycles. The quantitative estimate of drug-likeness (QED) is 0.182. The van der Waals surface area contributed by atoms with Gasteiger partial charge in [0.1, 0.15) is 11.5 Å². The van der Waals surface area contributed by atoms with Crippen molar-refractivity contribution >= 4 is 17.4 Å². The Labute approximate surface area is 219 Å². The summed E-state index contributed by atoms with van der Waals surface area (Å²) in [5.74, 6) is 0.179. The van der Waals surface area contributed by atoms with Crippen LogP contribution in [0.2, 0.25) is 0 Å². The van der Waals surface area contributed by atoms with Gasteiger partial charge in [0.25, 0.3) is 11.7 Å². The summed E-state index contributed by atoms with van der Waals surface area (Å²) in [5, 5.41) is 11.3. The zero-order chi connectivity index (χ0) is 26.9. The van der Waals surface area contributed by atoms with Gasteiger partial charge >= 0.3 is 0 Å². The van der Waals surface area contributed by atoms with Crippen molar-refractivity contribution in [1.29, 1.82) is 0 Å². The van der Waals surface area contributed by atoms with Gasteiger partial charge < -0.3 is 29.1 Å². The summed E-state index contributed by atoms with van der Waals surface area (Å²) in [6.45, 7) is 5.99. The van der Waals surface area contributed by atoms with E-state index in [1.807, 2.05) is 32.0 Å². The molecule has 1 saturated heterocycles. The van der Waals surface area contributed by atoms with Crippen molar-refractivity contribution in [2.24, 2.45) is 0 Å². The third-order valence-electron chi connectivity index (χ3n) is 6.28. The molecule has 2 aromatic rings. The van der Waals surface area contributed by atoms with Crippen molar-refractivity contribution in [3.05, 3.63) is 59.2 Å². The van der Waals surface area contributed by atoms with Gasteiger partial charge in [0.15, 0.2) is 11.5 Å². The molecule has 1 atom stereocenters. The van der Waals surface area contributed by atoms with Gasteiger partial charge in [-0.2, -0.15) is 0 Å². The largest absolute Gasteiger partial charge is 0.507 e. The van der Waals surface area contributed by atoms with Crippen LogP contribution in [-0.2, 0) is 9.59 Å². The van der Waals surface area contributed by atoms with E-state index in [0.717, 1.165) is 19.3 Å². The van der Waals surface area contributed by atoms with E-state index in [9.17, 15) is 14.7 Å². The second kappa shape index (κ2) is 13.1. The minimum atomic E-state index is -0.769. The molecule has 200 valence electrons. The van der Waals surface area contributed by atoms with Crippen LogP contribution in [0.3, 0.4) is 0 Å².